The van der Waals surface area contributed by atoms with Gasteiger partial charge in [-0.05, 0) is 37.9 Å². The molecule has 0 saturated carbocycles. The minimum Gasteiger partial charge on any atom is -0.348 e. The molecule has 1 aliphatic heterocycles. The van der Waals surface area contributed by atoms with Crippen LogP contribution in [0.5, 0.6) is 0 Å². The number of hydrogen-bond acceptors (Lipinski definition) is 2. The smallest absolute Gasteiger partial charge is 0.253 e. The normalized spacial score (nSPS) is 18.9. The molecule has 5 heteroatoms. The van der Waals surface area contributed by atoms with Crippen molar-refractivity contribution >= 4 is 29.9 Å². The first-order valence-electron chi connectivity index (χ1n) is 5.95. The second-order valence-corrected chi connectivity index (χ2v) is 4.83. The first-order valence-corrected chi connectivity index (χ1v) is 6.33. The Morgan fingerprint density at radius 1 is 1.50 bits per heavy atom. The zero-order chi connectivity index (χ0) is 12.3. The lowest BCUT2D eigenvalue weighted by molar-refractivity contribution is 0.0931. The first-order chi connectivity index (χ1) is 8.18. The quantitative estimate of drug-likeness (QED) is 0.878. The largest absolute Gasteiger partial charge is 0.348 e. The molecule has 1 aliphatic rings. The highest BCUT2D eigenvalue weighted by molar-refractivity contribution is 6.34. The maximum absolute atomic E-state index is 12.1. The van der Waals surface area contributed by atoms with Gasteiger partial charge in [0.2, 0.25) is 0 Å². The average Bonchev–Trinajstić information content (AvgIpc) is 2.34. The topological polar surface area (TPSA) is 41.1 Å². The van der Waals surface area contributed by atoms with E-state index >= 15 is 0 Å². The SMILES string of the molecule is Cc1cccc(C(=O)NC2CCCNC2)c1Cl.Cl. The third-order valence-corrected chi connectivity index (χ3v) is 3.57. The summed E-state index contributed by atoms with van der Waals surface area (Å²) in [5, 5.41) is 6.84. The fraction of sp³-hybridized carbons (Fsp3) is 0.462. The molecule has 2 N–H and O–H groups in total. The minimum atomic E-state index is -0.0765. The molecule has 1 saturated heterocycles. The second-order valence-electron chi connectivity index (χ2n) is 4.45. The van der Waals surface area contributed by atoms with Gasteiger partial charge in [0, 0.05) is 12.6 Å². The van der Waals surface area contributed by atoms with Crippen LogP contribution >= 0.6 is 24.0 Å². The lowest BCUT2D eigenvalue weighted by Gasteiger charge is -2.24. The van der Waals surface area contributed by atoms with Crippen LogP contribution in [-0.2, 0) is 0 Å². The highest BCUT2D eigenvalue weighted by atomic mass is 35.5. The number of rotatable bonds is 2. The Kier molecular flexibility index (Phi) is 5.93. The minimum absolute atomic E-state index is 0. The zero-order valence-electron chi connectivity index (χ0n) is 10.3. The molecule has 3 nitrogen and oxygen atoms in total. The van der Waals surface area contributed by atoms with Crippen LogP contribution in [0.4, 0.5) is 0 Å². The van der Waals surface area contributed by atoms with Gasteiger partial charge in [-0.3, -0.25) is 4.79 Å². The standard InChI is InChI=1S/C13H17ClN2O.ClH/c1-9-4-2-6-11(12(9)14)13(17)16-10-5-3-7-15-8-10;/h2,4,6,10,15H,3,5,7-8H2,1H3,(H,16,17);1H. The van der Waals surface area contributed by atoms with Gasteiger partial charge >= 0.3 is 0 Å². The van der Waals surface area contributed by atoms with Gasteiger partial charge in [-0.1, -0.05) is 23.7 Å². The van der Waals surface area contributed by atoms with Gasteiger partial charge in [0.15, 0.2) is 0 Å². The van der Waals surface area contributed by atoms with Gasteiger partial charge in [0.05, 0.1) is 10.6 Å². The van der Waals surface area contributed by atoms with Crippen LogP contribution in [0.15, 0.2) is 18.2 Å². The molecule has 1 amide bonds. The molecule has 1 aromatic carbocycles. The van der Waals surface area contributed by atoms with Crippen LogP contribution in [0.3, 0.4) is 0 Å². The van der Waals surface area contributed by atoms with E-state index in [4.69, 9.17) is 11.6 Å². The van der Waals surface area contributed by atoms with E-state index in [1.165, 1.54) is 0 Å². The van der Waals surface area contributed by atoms with Crippen molar-refractivity contribution in [3.05, 3.63) is 34.3 Å². The molecule has 0 bridgehead atoms. The van der Waals surface area contributed by atoms with Crippen LogP contribution in [-0.4, -0.2) is 25.0 Å². The van der Waals surface area contributed by atoms with Crippen LogP contribution < -0.4 is 10.6 Å². The lowest BCUT2D eigenvalue weighted by Crippen LogP contribution is -2.45. The third kappa shape index (κ3) is 3.61. The van der Waals surface area contributed by atoms with Crippen molar-refractivity contribution in [2.24, 2.45) is 0 Å². The lowest BCUT2D eigenvalue weighted by atomic mass is 10.1. The summed E-state index contributed by atoms with van der Waals surface area (Å²) in [5.41, 5.74) is 1.50. The van der Waals surface area contributed by atoms with Crippen LogP contribution in [0.2, 0.25) is 5.02 Å². The highest BCUT2D eigenvalue weighted by Gasteiger charge is 2.18. The number of halogens is 2. The van der Waals surface area contributed by atoms with Gasteiger partial charge in [-0.25, -0.2) is 0 Å². The van der Waals surface area contributed by atoms with E-state index in [0.717, 1.165) is 31.5 Å². The van der Waals surface area contributed by atoms with Gasteiger partial charge in [-0.15, -0.1) is 12.4 Å². The molecule has 0 aromatic heterocycles. The van der Waals surface area contributed by atoms with E-state index in [1.54, 1.807) is 6.07 Å². The molecule has 1 atom stereocenters. The van der Waals surface area contributed by atoms with Crippen LogP contribution in [0.1, 0.15) is 28.8 Å². The third-order valence-electron chi connectivity index (χ3n) is 3.07. The Morgan fingerprint density at radius 2 is 2.28 bits per heavy atom. The van der Waals surface area contributed by atoms with E-state index in [0.29, 0.717) is 10.6 Å². The van der Waals surface area contributed by atoms with E-state index < -0.39 is 0 Å². The molecular weight excluding hydrogens is 271 g/mol. The number of amides is 1. The molecule has 0 aliphatic carbocycles. The van der Waals surface area contributed by atoms with Gasteiger partial charge < -0.3 is 10.6 Å². The van der Waals surface area contributed by atoms with Crippen molar-refractivity contribution < 1.29 is 4.79 Å². The van der Waals surface area contributed by atoms with Crippen LogP contribution in [0, 0.1) is 6.92 Å². The summed E-state index contributed by atoms with van der Waals surface area (Å²) in [6, 6.07) is 5.74. The zero-order valence-corrected chi connectivity index (χ0v) is 11.9. The molecular formula is C13H18Cl2N2O. The van der Waals surface area contributed by atoms with E-state index in [-0.39, 0.29) is 24.4 Å². The molecule has 0 radical (unpaired) electrons. The predicted molar refractivity (Wildman–Crippen MR) is 76.8 cm³/mol. The Morgan fingerprint density at radius 3 is 2.94 bits per heavy atom. The van der Waals surface area contributed by atoms with Gasteiger partial charge in [0.25, 0.3) is 5.91 Å². The van der Waals surface area contributed by atoms with Crippen molar-refractivity contribution in [1.82, 2.24) is 10.6 Å². The van der Waals surface area contributed by atoms with Crippen molar-refractivity contribution in [2.45, 2.75) is 25.8 Å². The van der Waals surface area contributed by atoms with E-state index in [2.05, 4.69) is 10.6 Å². The molecule has 2 rings (SSSR count). The number of carbonyl (C=O) groups is 1. The summed E-state index contributed by atoms with van der Waals surface area (Å²) in [4.78, 5) is 12.1. The second kappa shape index (κ2) is 6.98. The van der Waals surface area contributed by atoms with Crippen molar-refractivity contribution in [2.75, 3.05) is 13.1 Å². The number of benzene rings is 1. The Balaban J connectivity index is 0.00000162. The highest BCUT2D eigenvalue weighted by Crippen LogP contribution is 2.20. The number of piperidine rings is 1. The number of hydrogen-bond donors (Lipinski definition) is 2. The molecule has 1 fully saturated rings. The molecule has 18 heavy (non-hydrogen) atoms. The van der Waals surface area contributed by atoms with E-state index in [9.17, 15) is 4.79 Å². The Bertz CT molecular complexity index is 417. The van der Waals surface area contributed by atoms with Gasteiger partial charge in [-0.2, -0.15) is 0 Å². The van der Waals surface area contributed by atoms with Gasteiger partial charge in [0.1, 0.15) is 0 Å². The van der Waals surface area contributed by atoms with Crippen molar-refractivity contribution in [3.8, 4) is 0 Å². The van der Waals surface area contributed by atoms with E-state index in [1.807, 2.05) is 19.1 Å². The monoisotopic (exact) mass is 288 g/mol. The number of nitrogens with one attached hydrogen (secondary N) is 2. The Labute approximate surface area is 119 Å². The molecule has 0 spiro atoms. The summed E-state index contributed by atoms with van der Waals surface area (Å²) >= 11 is 6.13. The fourth-order valence-corrected chi connectivity index (χ4v) is 2.27. The summed E-state index contributed by atoms with van der Waals surface area (Å²) in [6.07, 6.45) is 2.13. The number of carbonyl (C=O) groups excluding carboxylic acids is 1. The van der Waals surface area contributed by atoms with Crippen molar-refractivity contribution in [3.63, 3.8) is 0 Å². The predicted octanol–water partition coefficient (Wildman–Crippen LogP) is 2.55. The molecule has 1 heterocycles. The maximum atomic E-state index is 12.1. The summed E-state index contributed by atoms with van der Waals surface area (Å²) < 4.78 is 0. The Hall–Kier alpha value is -0.770. The summed E-state index contributed by atoms with van der Waals surface area (Å²) in [6.45, 7) is 3.79. The first kappa shape index (κ1) is 15.3. The molecule has 100 valence electrons. The van der Waals surface area contributed by atoms with Crippen molar-refractivity contribution in [1.29, 1.82) is 0 Å². The maximum Gasteiger partial charge on any atom is 0.253 e. The summed E-state index contributed by atoms with van der Waals surface area (Å²) in [5.74, 6) is -0.0765. The fourth-order valence-electron chi connectivity index (χ4n) is 2.06. The van der Waals surface area contributed by atoms with Crippen LogP contribution in [0.25, 0.3) is 0 Å². The number of aryl methyl sites for hydroxylation is 1. The average molecular weight is 289 g/mol. The molecule has 1 aromatic rings. The summed E-state index contributed by atoms with van der Waals surface area (Å²) in [7, 11) is 0. The molecule has 1 unspecified atom stereocenters.